The van der Waals surface area contributed by atoms with E-state index in [1.807, 2.05) is 6.07 Å². The van der Waals surface area contributed by atoms with Gasteiger partial charge in [-0.2, -0.15) is 9.97 Å². The Bertz CT molecular complexity index is 1150. The second kappa shape index (κ2) is 8.73. The summed E-state index contributed by atoms with van der Waals surface area (Å²) in [6.45, 7) is 2.71. The average Bonchev–Trinajstić information content (AvgIpc) is 3.39. The predicted octanol–water partition coefficient (Wildman–Crippen LogP) is 4.51. The molecule has 8 nitrogen and oxygen atoms in total. The highest BCUT2D eigenvalue weighted by molar-refractivity contribution is 9.10. The molecule has 4 atom stereocenters. The molecular weight excluding hydrogens is 517 g/mol. The molecule has 6 rings (SSSR count). The third kappa shape index (κ3) is 3.84. The maximum absolute atomic E-state index is 15.2. The van der Waals surface area contributed by atoms with Crippen molar-refractivity contribution >= 4 is 38.7 Å². The van der Waals surface area contributed by atoms with Gasteiger partial charge in [0.05, 0.1) is 23.2 Å². The maximum atomic E-state index is 15.2. The van der Waals surface area contributed by atoms with Crippen LogP contribution in [0.25, 0.3) is 10.9 Å². The van der Waals surface area contributed by atoms with E-state index in [0.717, 1.165) is 38.6 Å². The third-order valence-electron chi connectivity index (χ3n) is 8.79. The van der Waals surface area contributed by atoms with Crippen LogP contribution in [0.5, 0.6) is 6.01 Å². The van der Waals surface area contributed by atoms with Crippen LogP contribution in [0.4, 0.5) is 15.0 Å². The van der Waals surface area contributed by atoms with Crippen molar-refractivity contribution < 1.29 is 19.0 Å². The summed E-state index contributed by atoms with van der Waals surface area (Å²) in [6.07, 6.45) is 6.58. The largest absolute Gasteiger partial charge is 0.465 e. The van der Waals surface area contributed by atoms with E-state index in [1.165, 1.54) is 12.8 Å². The van der Waals surface area contributed by atoms with Crippen molar-refractivity contribution in [3.05, 3.63) is 22.4 Å². The van der Waals surface area contributed by atoms with Gasteiger partial charge in [-0.05, 0) is 80.2 Å². The zero-order valence-corrected chi connectivity index (χ0v) is 21.5. The Morgan fingerprint density at radius 2 is 1.94 bits per heavy atom. The smallest absolute Gasteiger partial charge is 0.407 e. The zero-order chi connectivity index (χ0) is 24.3. The zero-order valence-electron chi connectivity index (χ0n) is 19.9. The number of benzene rings is 1. The molecule has 4 fully saturated rings. The van der Waals surface area contributed by atoms with Gasteiger partial charge in [-0.25, -0.2) is 9.18 Å². The molecule has 0 radical (unpaired) electrons. The van der Waals surface area contributed by atoms with Crippen molar-refractivity contribution in [3.8, 4) is 6.01 Å². The molecule has 1 N–H and O–H groups in total. The number of rotatable bonds is 4. The molecule has 10 heteroatoms. The van der Waals surface area contributed by atoms with Crippen LogP contribution in [0.1, 0.15) is 44.9 Å². The van der Waals surface area contributed by atoms with E-state index in [0.29, 0.717) is 41.4 Å². The Morgan fingerprint density at radius 3 is 2.69 bits per heavy atom. The molecule has 2 unspecified atom stereocenters. The van der Waals surface area contributed by atoms with E-state index in [4.69, 9.17) is 9.72 Å². The van der Waals surface area contributed by atoms with Gasteiger partial charge in [0.25, 0.3) is 0 Å². The minimum atomic E-state index is -0.869. The summed E-state index contributed by atoms with van der Waals surface area (Å²) < 4.78 is 21.9. The van der Waals surface area contributed by atoms with E-state index < -0.39 is 11.9 Å². The number of likely N-dealkylation sites (tertiary alicyclic amines) is 1. The first-order valence-corrected chi connectivity index (χ1v) is 13.4. The summed E-state index contributed by atoms with van der Waals surface area (Å²) in [6, 6.07) is 4.03. The van der Waals surface area contributed by atoms with Crippen LogP contribution in [0.2, 0.25) is 0 Å². The number of carboxylic acid groups (broad SMARTS) is 1. The monoisotopic (exact) mass is 547 g/mol. The topological polar surface area (TPSA) is 82.0 Å². The molecule has 0 spiro atoms. The molecule has 3 aliphatic heterocycles. The highest BCUT2D eigenvalue weighted by atomic mass is 79.9. The summed E-state index contributed by atoms with van der Waals surface area (Å²) in [5, 5.41) is 10.3. The Kier molecular flexibility index (Phi) is 5.79. The predicted molar refractivity (Wildman–Crippen MR) is 134 cm³/mol. The summed E-state index contributed by atoms with van der Waals surface area (Å²) in [4.78, 5) is 27.2. The summed E-state index contributed by atoms with van der Waals surface area (Å²) in [5.41, 5.74) is 0.321. The minimum Gasteiger partial charge on any atom is -0.465 e. The molecule has 1 aliphatic carbocycles. The SMILES string of the molecule is CN1CCC[C@@]2(COc3nc(N4CC5CCC(C4)N5C(=O)O)c4ccc(Br)c(F)c4n3)CCC[C@@H]12. The first-order chi connectivity index (χ1) is 16.9. The molecule has 1 aromatic heterocycles. The molecule has 4 aliphatic rings. The van der Waals surface area contributed by atoms with Gasteiger partial charge in [-0.3, -0.25) is 4.90 Å². The van der Waals surface area contributed by atoms with Crippen LogP contribution in [-0.4, -0.2) is 82.4 Å². The number of halogens is 2. The lowest BCUT2D eigenvalue weighted by Gasteiger charge is -2.44. The molecular formula is C25H31BrFN5O3. The van der Waals surface area contributed by atoms with Crippen LogP contribution < -0.4 is 9.64 Å². The number of nitrogens with zero attached hydrogens (tertiary/aromatic N) is 5. The molecule has 188 valence electrons. The fraction of sp³-hybridized carbons (Fsp3) is 0.640. The van der Waals surface area contributed by atoms with E-state index in [-0.39, 0.29) is 29.0 Å². The number of fused-ring (bicyclic) bond motifs is 4. The number of anilines is 1. The molecule has 1 saturated carbocycles. The van der Waals surface area contributed by atoms with Gasteiger partial charge in [0.2, 0.25) is 0 Å². The number of carbonyl (C=O) groups is 1. The second-order valence-corrected chi connectivity index (χ2v) is 11.6. The van der Waals surface area contributed by atoms with Gasteiger partial charge in [-0.15, -0.1) is 0 Å². The van der Waals surface area contributed by atoms with Crippen LogP contribution in [0.3, 0.4) is 0 Å². The molecule has 1 aromatic carbocycles. The Morgan fingerprint density at radius 1 is 1.20 bits per heavy atom. The van der Waals surface area contributed by atoms with Crippen molar-refractivity contribution in [1.29, 1.82) is 0 Å². The molecule has 1 amide bonds. The molecule has 2 bridgehead atoms. The molecule has 35 heavy (non-hydrogen) atoms. The fourth-order valence-electron chi connectivity index (χ4n) is 7.18. The number of piperazine rings is 1. The van der Waals surface area contributed by atoms with Gasteiger partial charge in [0.1, 0.15) is 11.3 Å². The van der Waals surface area contributed by atoms with Gasteiger partial charge in [0, 0.05) is 29.9 Å². The van der Waals surface area contributed by atoms with Crippen molar-refractivity contribution in [1.82, 2.24) is 19.8 Å². The Balaban J connectivity index is 1.34. The van der Waals surface area contributed by atoms with Crippen molar-refractivity contribution in [3.63, 3.8) is 0 Å². The van der Waals surface area contributed by atoms with E-state index >= 15 is 4.39 Å². The molecule has 3 saturated heterocycles. The Hall–Kier alpha value is -2.20. The van der Waals surface area contributed by atoms with Crippen molar-refractivity contribution in [2.24, 2.45) is 5.41 Å². The number of hydrogen-bond donors (Lipinski definition) is 1. The quantitative estimate of drug-likeness (QED) is 0.603. The van der Waals surface area contributed by atoms with Crippen molar-refractivity contribution in [2.45, 2.75) is 63.1 Å². The first kappa shape index (κ1) is 23.2. The summed E-state index contributed by atoms with van der Waals surface area (Å²) in [7, 11) is 2.20. The highest BCUT2D eigenvalue weighted by Crippen LogP contribution is 2.47. The third-order valence-corrected chi connectivity index (χ3v) is 9.40. The first-order valence-electron chi connectivity index (χ1n) is 12.6. The lowest BCUT2D eigenvalue weighted by Crippen LogP contribution is -2.55. The van der Waals surface area contributed by atoms with E-state index in [9.17, 15) is 9.90 Å². The fourth-order valence-corrected chi connectivity index (χ4v) is 7.50. The van der Waals surface area contributed by atoms with Crippen molar-refractivity contribution in [2.75, 3.05) is 38.2 Å². The second-order valence-electron chi connectivity index (χ2n) is 10.7. The van der Waals surface area contributed by atoms with Gasteiger partial charge < -0.3 is 19.6 Å². The average molecular weight is 548 g/mol. The van der Waals surface area contributed by atoms with E-state index in [1.54, 1.807) is 11.0 Å². The van der Waals surface area contributed by atoms with Gasteiger partial charge in [0.15, 0.2) is 5.82 Å². The number of hydrogen-bond acceptors (Lipinski definition) is 6. The lowest BCUT2D eigenvalue weighted by molar-refractivity contribution is 0.0133. The van der Waals surface area contributed by atoms with Gasteiger partial charge >= 0.3 is 12.1 Å². The van der Waals surface area contributed by atoms with Crippen LogP contribution in [0.15, 0.2) is 16.6 Å². The van der Waals surface area contributed by atoms with E-state index in [2.05, 4.69) is 37.8 Å². The Labute approximate surface area is 212 Å². The minimum absolute atomic E-state index is 0.0863. The van der Waals surface area contributed by atoms with Crippen LogP contribution >= 0.6 is 15.9 Å². The number of aromatic nitrogens is 2. The van der Waals surface area contributed by atoms with Crippen LogP contribution in [0, 0.1) is 11.2 Å². The summed E-state index contributed by atoms with van der Waals surface area (Å²) in [5.74, 6) is 0.192. The lowest BCUT2D eigenvalue weighted by atomic mass is 9.76. The molecule has 4 heterocycles. The number of amides is 1. The van der Waals surface area contributed by atoms with Gasteiger partial charge in [-0.1, -0.05) is 6.42 Å². The maximum Gasteiger partial charge on any atom is 0.407 e. The standard InChI is InChI=1S/C25H31BrFN5O3/c1-30-11-3-10-25(9-2-4-19(25)30)14-35-23-28-21-17(7-8-18(26)20(21)27)22(29-23)31-12-15-5-6-16(13-31)32(15)24(33)34/h7-8,15-16,19H,2-6,9-14H2,1H3,(H,33,34)/t15?,16?,19-,25-/m1/s1. The van der Waals surface area contributed by atoms with Crippen LogP contribution in [-0.2, 0) is 0 Å². The number of piperidine rings is 1. The normalized spacial score (nSPS) is 30.7. The highest BCUT2D eigenvalue weighted by Gasteiger charge is 2.48. The summed E-state index contributed by atoms with van der Waals surface area (Å²) >= 11 is 3.29. The molecule has 2 aromatic rings. The number of ether oxygens (including phenoxy) is 1.